The summed E-state index contributed by atoms with van der Waals surface area (Å²) in [5.41, 5.74) is 5.46. The van der Waals surface area contributed by atoms with E-state index in [0.717, 1.165) is 12.1 Å². The topological polar surface area (TPSA) is 60.9 Å². The van der Waals surface area contributed by atoms with Gasteiger partial charge in [0.25, 0.3) is 0 Å². The summed E-state index contributed by atoms with van der Waals surface area (Å²) in [5.74, 6) is -0.245. The average molecular weight is 297 g/mol. The number of Topliss-reactive ketones (excluding diaryl/α,β-unsaturated/α-hetero) is 1. The number of nitrogens with zero attached hydrogens (tertiary/aromatic N) is 2. The number of halogens is 3. The fourth-order valence-electron chi connectivity index (χ4n) is 1.86. The largest absolute Gasteiger partial charge is 0.416 e. The Labute approximate surface area is 119 Å². The standard InChI is InChI=1S/C14H14F3N3O/c15-14(16,17)11-3-1-10(2-4-11)7-13(21)12-8-20(6-5-18)9-19-12/h1-4,8-9H,5-7,18H2. The fraction of sp³-hybridized carbons (Fsp3) is 0.286. The van der Waals surface area contributed by atoms with Crippen LogP contribution in [0, 0.1) is 0 Å². The molecule has 1 aromatic carbocycles. The molecule has 0 saturated carbocycles. The lowest BCUT2D eigenvalue weighted by Gasteiger charge is -2.06. The van der Waals surface area contributed by atoms with Crippen LogP contribution < -0.4 is 5.73 Å². The van der Waals surface area contributed by atoms with Gasteiger partial charge in [-0.2, -0.15) is 13.2 Å². The van der Waals surface area contributed by atoms with Crippen LogP contribution in [0.5, 0.6) is 0 Å². The van der Waals surface area contributed by atoms with Gasteiger partial charge in [-0.1, -0.05) is 12.1 Å². The molecule has 0 fully saturated rings. The number of ketones is 1. The SMILES string of the molecule is NCCn1cnc(C(=O)Cc2ccc(C(F)(F)F)cc2)c1. The Morgan fingerprint density at radius 1 is 1.24 bits per heavy atom. The van der Waals surface area contributed by atoms with E-state index < -0.39 is 11.7 Å². The summed E-state index contributed by atoms with van der Waals surface area (Å²) in [6.07, 6.45) is -1.27. The zero-order chi connectivity index (χ0) is 15.5. The van der Waals surface area contributed by atoms with Crippen molar-refractivity contribution in [2.24, 2.45) is 5.73 Å². The number of hydrogen-bond acceptors (Lipinski definition) is 3. The minimum Gasteiger partial charge on any atom is -0.335 e. The van der Waals surface area contributed by atoms with Crippen molar-refractivity contribution >= 4 is 5.78 Å². The molecule has 4 nitrogen and oxygen atoms in total. The van der Waals surface area contributed by atoms with Gasteiger partial charge in [0.05, 0.1) is 11.9 Å². The minimum absolute atomic E-state index is 0.0117. The molecule has 0 unspecified atom stereocenters. The van der Waals surface area contributed by atoms with Crippen molar-refractivity contribution in [2.75, 3.05) is 6.54 Å². The van der Waals surface area contributed by atoms with Gasteiger partial charge in [-0.15, -0.1) is 0 Å². The first kappa shape index (κ1) is 15.2. The van der Waals surface area contributed by atoms with Crippen LogP contribution in [0.2, 0.25) is 0 Å². The number of carbonyl (C=O) groups excluding carboxylic acids is 1. The molecule has 1 heterocycles. The maximum absolute atomic E-state index is 12.4. The van der Waals surface area contributed by atoms with Crippen LogP contribution in [-0.4, -0.2) is 21.9 Å². The highest BCUT2D eigenvalue weighted by atomic mass is 19.4. The lowest BCUT2D eigenvalue weighted by Crippen LogP contribution is -2.08. The van der Waals surface area contributed by atoms with Crippen molar-refractivity contribution in [1.29, 1.82) is 0 Å². The number of carbonyl (C=O) groups is 1. The normalized spacial score (nSPS) is 11.6. The van der Waals surface area contributed by atoms with Gasteiger partial charge in [0.15, 0.2) is 5.78 Å². The Hall–Kier alpha value is -2.15. The van der Waals surface area contributed by atoms with E-state index in [1.165, 1.54) is 18.5 Å². The van der Waals surface area contributed by atoms with Gasteiger partial charge < -0.3 is 10.3 Å². The lowest BCUT2D eigenvalue weighted by atomic mass is 10.1. The van der Waals surface area contributed by atoms with Crippen molar-refractivity contribution in [3.8, 4) is 0 Å². The average Bonchev–Trinajstić information content (AvgIpc) is 2.87. The van der Waals surface area contributed by atoms with E-state index in [1.807, 2.05) is 0 Å². The Bertz CT molecular complexity index is 617. The Morgan fingerprint density at radius 3 is 2.48 bits per heavy atom. The zero-order valence-corrected chi connectivity index (χ0v) is 11.1. The molecule has 2 rings (SSSR count). The molecule has 7 heteroatoms. The third-order valence-electron chi connectivity index (χ3n) is 2.95. The van der Waals surface area contributed by atoms with Crippen molar-refractivity contribution in [3.63, 3.8) is 0 Å². The first-order valence-electron chi connectivity index (χ1n) is 6.31. The van der Waals surface area contributed by atoms with E-state index in [-0.39, 0.29) is 17.9 Å². The highest BCUT2D eigenvalue weighted by molar-refractivity contribution is 5.95. The molecule has 0 atom stereocenters. The number of hydrogen-bond donors (Lipinski definition) is 1. The molecule has 0 bridgehead atoms. The fourth-order valence-corrected chi connectivity index (χ4v) is 1.86. The number of imidazole rings is 1. The number of aromatic nitrogens is 2. The second-order valence-electron chi connectivity index (χ2n) is 4.58. The first-order chi connectivity index (χ1) is 9.90. The van der Waals surface area contributed by atoms with Crippen molar-refractivity contribution in [2.45, 2.75) is 19.1 Å². The van der Waals surface area contributed by atoms with Crippen molar-refractivity contribution in [1.82, 2.24) is 9.55 Å². The highest BCUT2D eigenvalue weighted by Crippen LogP contribution is 2.29. The monoisotopic (exact) mass is 297 g/mol. The molecule has 0 aliphatic rings. The summed E-state index contributed by atoms with van der Waals surface area (Å²) >= 11 is 0. The molecule has 0 radical (unpaired) electrons. The summed E-state index contributed by atoms with van der Waals surface area (Å²) in [5, 5.41) is 0. The van der Waals surface area contributed by atoms with Crippen LogP contribution in [0.4, 0.5) is 13.2 Å². The van der Waals surface area contributed by atoms with Crippen LogP contribution in [0.1, 0.15) is 21.6 Å². The third kappa shape index (κ3) is 3.91. The van der Waals surface area contributed by atoms with Crippen LogP contribution >= 0.6 is 0 Å². The molecule has 112 valence electrons. The van der Waals surface area contributed by atoms with E-state index in [2.05, 4.69) is 4.98 Å². The van der Waals surface area contributed by atoms with Gasteiger partial charge in [-0.05, 0) is 17.7 Å². The molecule has 2 N–H and O–H groups in total. The number of rotatable bonds is 5. The maximum Gasteiger partial charge on any atom is 0.416 e. The predicted molar refractivity (Wildman–Crippen MR) is 70.8 cm³/mol. The first-order valence-corrected chi connectivity index (χ1v) is 6.31. The molecule has 0 aliphatic carbocycles. The molecule has 0 amide bonds. The highest BCUT2D eigenvalue weighted by Gasteiger charge is 2.30. The summed E-state index contributed by atoms with van der Waals surface area (Å²) in [6, 6.07) is 4.54. The number of nitrogens with two attached hydrogens (primary N) is 1. The van der Waals surface area contributed by atoms with Gasteiger partial charge in [0.2, 0.25) is 0 Å². The van der Waals surface area contributed by atoms with E-state index in [0.29, 0.717) is 18.7 Å². The van der Waals surface area contributed by atoms with Gasteiger partial charge in [0, 0.05) is 25.7 Å². The number of alkyl halides is 3. The molecule has 0 saturated heterocycles. The second kappa shape index (κ2) is 6.09. The molecular formula is C14H14F3N3O. The summed E-state index contributed by atoms with van der Waals surface area (Å²) in [7, 11) is 0. The van der Waals surface area contributed by atoms with E-state index in [1.54, 1.807) is 10.8 Å². The zero-order valence-electron chi connectivity index (χ0n) is 11.1. The van der Waals surface area contributed by atoms with Crippen LogP contribution in [0.3, 0.4) is 0 Å². The predicted octanol–water partition coefficient (Wildman–Crippen LogP) is 2.29. The smallest absolute Gasteiger partial charge is 0.335 e. The Kier molecular flexibility index (Phi) is 4.42. The molecule has 0 aliphatic heterocycles. The number of benzene rings is 1. The molecule has 1 aromatic heterocycles. The summed E-state index contributed by atoms with van der Waals surface area (Å²) in [4.78, 5) is 15.9. The summed E-state index contributed by atoms with van der Waals surface area (Å²) in [6.45, 7) is 0.990. The molecule has 0 spiro atoms. The second-order valence-corrected chi connectivity index (χ2v) is 4.58. The maximum atomic E-state index is 12.4. The molecular weight excluding hydrogens is 283 g/mol. The quantitative estimate of drug-likeness (QED) is 0.861. The molecule has 2 aromatic rings. The Morgan fingerprint density at radius 2 is 1.90 bits per heavy atom. The van der Waals surface area contributed by atoms with Gasteiger partial charge >= 0.3 is 6.18 Å². The van der Waals surface area contributed by atoms with Gasteiger partial charge in [-0.25, -0.2) is 4.98 Å². The third-order valence-corrected chi connectivity index (χ3v) is 2.95. The van der Waals surface area contributed by atoms with E-state index in [4.69, 9.17) is 5.73 Å². The van der Waals surface area contributed by atoms with Crippen LogP contribution in [0.25, 0.3) is 0 Å². The van der Waals surface area contributed by atoms with Crippen LogP contribution in [-0.2, 0) is 19.1 Å². The van der Waals surface area contributed by atoms with Crippen LogP contribution in [0.15, 0.2) is 36.8 Å². The van der Waals surface area contributed by atoms with Gasteiger partial charge in [0.1, 0.15) is 5.69 Å². The lowest BCUT2D eigenvalue weighted by molar-refractivity contribution is -0.137. The van der Waals surface area contributed by atoms with Crippen molar-refractivity contribution < 1.29 is 18.0 Å². The van der Waals surface area contributed by atoms with E-state index >= 15 is 0 Å². The van der Waals surface area contributed by atoms with Gasteiger partial charge in [-0.3, -0.25) is 4.79 Å². The minimum atomic E-state index is -4.37. The van der Waals surface area contributed by atoms with E-state index in [9.17, 15) is 18.0 Å². The Balaban J connectivity index is 2.05. The summed E-state index contributed by atoms with van der Waals surface area (Å²) < 4.78 is 39.0. The molecule has 21 heavy (non-hydrogen) atoms. The van der Waals surface area contributed by atoms with Crippen molar-refractivity contribution in [3.05, 3.63) is 53.6 Å².